The zero-order valence-corrected chi connectivity index (χ0v) is 12.8. The van der Waals surface area contributed by atoms with Crippen molar-refractivity contribution in [2.24, 2.45) is 0 Å². The van der Waals surface area contributed by atoms with Gasteiger partial charge in [-0.25, -0.2) is 0 Å². The Labute approximate surface area is 131 Å². The molecule has 2 aliphatic rings. The molecule has 0 saturated heterocycles. The molecule has 0 unspecified atom stereocenters. The standard InChI is InChI=1S/C12H12.C10H8/c1-3-9-4-2-6-11-8-7-10(5-1)12(9)11;1-2-6-10-8-4-3-7-9(10)5-1/h1,3-5H,2,6-8H2;1-8H. The minimum absolute atomic E-state index is 1.26. The summed E-state index contributed by atoms with van der Waals surface area (Å²) in [7, 11) is 0. The van der Waals surface area contributed by atoms with Crippen LogP contribution >= 0.6 is 0 Å². The van der Waals surface area contributed by atoms with E-state index in [2.05, 4.69) is 72.8 Å². The summed E-state index contributed by atoms with van der Waals surface area (Å²) in [6.07, 6.45) is 7.55. The van der Waals surface area contributed by atoms with Crippen LogP contribution in [0.4, 0.5) is 0 Å². The van der Waals surface area contributed by atoms with Crippen molar-refractivity contribution in [3.63, 3.8) is 0 Å². The maximum absolute atomic E-state index is 2.38. The zero-order valence-electron chi connectivity index (χ0n) is 12.8. The summed E-state index contributed by atoms with van der Waals surface area (Å²) in [6, 6.07) is 23.4. The first-order valence-corrected chi connectivity index (χ1v) is 8.16. The van der Waals surface area contributed by atoms with Crippen molar-refractivity contribution >= 4 is 22.4 Å². The van der Waals surface area contributed by atoms with Crippen LogP contribution in [0.25, 0.3) is 22.4 Å². The van der Waals surface area contributed by atoms with Crippen LogP contribution in [0.3, 0.4) is 0 Å². The maximum atomic E-state index is 2.38. The fraction of sp³-hybridized carbons (Fsp3) is 0.182. The average molecular weight is 284 g/mol. The summed E-state index contributed by atoms with van der Waals surface area (Å²) in [4.78, 5) is 0. The maximum Gasteiger partial charge on any atom is -0.0163 e. The van der Waals surface area contributed by atoms with Gasteiger partial charge in [0, 0.05) is 0 Å². The van der Waals surface area contributed by atoms with Gasteiger partial charge < -0.3 is 0 Å². The first-order chi connectivity index (χ1) is 10.9. The molecule has 0 heterocycles. The molecule has 0 aromatic heterocycles. The number of hydrogen-bond donors (Lipinski definition) is 0. The molecule has 0 N–H and O–H groups in total. The number of fused-ring (bicyclic) bond motifs is 1. The van der Waals surface area contributed by atoms with Crippen LogP contribution in [0.15, 0.2) is 66.7 Å². The van der Waals surface area contributed by atoms with E-state index in [0.717, 1.165) is 0 Å². The normalized spacial score (nSPS) is 14.8. The molecule has 0 bridgehead atoms. The molecule has 0 atom stereocenters. The monoisotopic (exact) mass is 284 g/mol. The van der Waals surface area contributed by atoms with E-state index < -0.39 is 0 Å². The molecule has 0 nitrogen and oxygen atoms in total. The molecular weight excluding hydrogens is 264 g/mol. The Morgan fingerprint density at radius 3 is 1.95 bits per heavy atom. The summed E-state index contributed by atoms with van der Waals surface area (Å²) in [5, 5.41) is 5.71. The van der Waals surface area contributed by atoms with Crippen LogP contribution in [-0.4, -0.2) is 0 Å². The Morgan fingerprint density at radius 1 is 0.591 bits per heavy atom. The van der Waals surface area contributed by atoms with Crippen LogP contribution in [0.2, 0.25) is 0 Å². The van der Waals surface area contributed by atoms with Gasteiger partial charge in [-0.3, -0.25) is 0 Å². The molecule has 5 rings (SSSR count). The van der Waals surface area contributed by atoms with Crippen LogP contribution in [0, 0.1) is 0 Å². The molecule has 0 radical (unpaired) electrons. The largest absolute Gasteiger partial charge is 0.0763 e. The highest BCUT2D eigenvalue weighted by Crippen LogP contribution is 2.20. The summed E-state index contributed by atoms with van der Waals surface area (Å²) >= 11 is 0. The molecule has 3 aromatic carbocycles. The predicted octanol–water partition coefficient (Wildman–Crippen LogP) is 4.20. The van der Waals surface area contributed by atoms with E-state index in [1.165, 1.54) is 41.7 Å². The van der Waals surface area contributed by atoms with E-state index in [1.807, 2.05) is 0 Å². The van der Waals surface area contributed by atoms with E-state index >= 15 is 0 Å². The highest BCUT2D eigenvalue weighted by molar-refractivity contribution is 5.82. The van der Waals surface area contributed by atoms with Crippen molar-refractivity contribution < 1.29 is 0 Å². The Bertz CT molecular complexity index is 866. The molecule has 0 saturated carbocycles. The summed E-state index contributed by atoms with van der Waals surface area (Å²) in [5.74, 6) is 0. The van der Waals surface area contributed by atoms with Gasteiger partial charge in [-0.2, -0.15) is 0 Å². The van der Waals surface area contributed by atoms with Gasteiger partial charge in [-0.1, -0.05) is 78.4 Å². The summed E-state index contributed by atoms with van der Waals surface area (Å²) in [5.41, 5.74) is 3.29. The Hall–Kier alpha value is -2.34. The molecular formula is C22H20. The smallest absolute Gasteiger partial charge is 0.0163 e. The Kier molecular flexibility index (Phi) is 3.52. The van der Waals surface area contributed by atoms with Crippen LogP contribution in [0.5, 0.6) is 0 Å². The van der Waals surface area contributed by atoms with E-state index in [9.17, 15) is 0 Å². The molecule has 0 aliphatic heterocycles. The Balaban J connectivity index is 0.000000116. The van der Waals surface area contributed by atoms with Crippen molar-refractivity contribution in [2.45, 2.75) is 25.7 Å². The van der Waals surface area contributed by atoms with Crippen molar-refractivity contribution in [3.8, 4) is 0 Å². The fourth-order valence-corrected chi connectivity index (χ4v) is 3.62. The first kappa shape index (κ1) is 13.3. The van der Waals surface area contributed by atoms with E-state index in [4.69, 9.17) is 0 Å². The number of hydrogen-bond acceptors (Lipinski definition) is 0. The van der Waals surface area contributed by atoms with Crippen molar-refractivity contribution in [1.29, 1.82) is 0 Å². The molecule has 0 heteroatoms. The number of aryl methyl sites for hydroxylation is 1. The third-order valence-electron chi connectivity index (χ3n) is 4.70. The minimum Gasteiger partial charge on any atom is -0.0763 e. The van der Waals surface area contributed by atoms with Crippen LogP contribution in [-0.2, 0) is 6.42 Å². The molecule has 3 aromatic rings. The lowest BCUT2D eigenvalue weighted by atomic mass is 10.0. The van der Waals surface area contributed by atoms with Gasteiger partial charge in [0.2, 0.25) is 0 Å². The third kappa shape index (κ3) is 2.46. The summed E-state index contributed by atoms with van der Waals surface area (Å²) < 4.78 is 0. The third-order valence-corrected chi connectivity index (χ3v) is 4.70. The summed E-state index contributed by atoms with van der Waals surface area (Å²) in [6.45, 7) is 0. The van der Waals surface area contributed by atoms with Crippen LogP contribution in [0.1, 0.15) is 24.8 Å². The SMILES string of the molecule is C1=c2cccc3c2=C(CC1)CC3.c1ccc2ccccc2c1. The molecule has 108 valence electrons. The highest BCUT2D eigenvalue weighted by atomic mass is 14.2. The topological polar surface area (TPSA) is 0 Å². The Morgan fingerprint density at radius 2 is 1.27 bits per heavy atom. The minimum atomic E-state index is 1.26. The van der Waals surface area contributed by atoms with Gasteiger partial charge >= 0.3 is 0 Å². The lowest BCUT2D eigenvalue weighted by Gasteiger charge is -2.04. The van der Waals surface area contributed by atoms with Gasteiger partial charge in [0.05, 0.1) is 0 Å². The van der Waals surface area contributed by atoms with Gasteiger partial charge in [0.1, 0.15) is 0 Å². The van der Waals surface area contributed by atoms with E-state index in [-0.39, 0.29) is 0 Å². The second kappa shape index (κ2) is 5.81. The van der Waals surface area contributed by atoms with Crippen molar-refractivity contribution in [3.05, 3.63) is 82.7 Å². The van der Waals surface area contributed by atoms with Crippen LogP contribution < -0.4 is 10.4 Å². The molecule has 0 amide bonds. The van der Waals surface area contributed by atoms with Gasteiger partial charge in [-0.15, -0.1) is 0 Å². The van der Waals surface area contributed by atoms with Crippen molar-refractivity contribution in [2.75, 3.05) is 0 Å². The van der Waals surface area contributed by atoms with Gasteiger partial charge in [0.25, 0.3) is 0 Å². The highest BCUT2D eigenvalue weighted by Gasteiger charge is 2.13. The quantitative estimate of drug-likeness (QED) is 0.580. The van der Waals surface area contributed by atoms with Crippen molar-refractivity contribution in [1.82, 2.24) is 0 Å². The molecule has 0 fully saturated rings. The van der Waals surface area contributed by atoms with E-state index in [0.29, 0.717) is 0 Å². The van der Waals surface area contributed by atoms with Gasteiger partial charge in [0.15, 0.2) is 0 Å². The molecule has 22 heavy (non-hydrogen) atoms. The predicted molar refractivity (Wildman–Crippen MR) is 95.1 cm³/mol. The average Bonchev–Trinajstić information content (AvgIpc) is 3.02. The zero-order chi connectivity index (χ0) is 14.8. The molecule has 0 spiro atoms. The number of rotatable bonds is 0. The second-order valence-electron chi connectivity index (χ2n) is 6.07. The fourth-order valence-electron chi connectivity index (χ4n) is 3.62. The lowest BCUT2D eigenvalue weighted by molar-refractivity contribution is 0.990. The number of benzene rings is 3. The second-order valence-corrected chi connectivity index (χ2v) is 6.07. The van der Waals surface area contributed by atoms with E-state index in [1.54, 1.807) is 16.4 Å². The molecule has 2 aliphatic carbocycles. The first-order valence-electron chi connectivity index (χ1n) is 8.16. The lowest BCUT2D eigenvalue weighted by Crippen LogP contribution is -2.29. The van der Waals surface area contributed by atoms with Gasteiger partial charge in [-0.05, 0) is 52.5 Å².